The van der Waals surface area contributed by atoms with E-state index in [9.17, 15) is 0 Å². The number of hydrogen-bond acceptors (Lipinski definition) is 5. The van der Waals surface area contributed by atoms with Gasteiger partial charge in [0.15, 0.2) is 17.5 Å². The standard InChI is InChI=1S/C42H26N4O/c1-3-11-27(12-4-1)40-44-41(28-13-5-2-6-14-28)46-42(45-40)32-16-9-15-29(26-32)30-21-23-35-31(25-30)22-24-36(43-35)33-18-10-20-38-39(33)34-17-7-8-19-37(34)47-38/h1-26H. The molecule has 0 aliphatic carbocycles. The van der Waals surface area contributed by atoms with Gasteiger partial charge in [0, 0.05) is 38.4 Å². The number of pyridine rings is 1. The Morgan fingerprint density at radius 2 is 0.979 bits per heavy atom. The van der Waals surface area contributed by atoms with E-state index in [4.69, 9.17) is 24.4 Å². The molecule has 220 valence electrons. The normalized spacial score (nSPS) is 11.4. The van der Waals surface area contributed by atoms with Crippen LogP contribution in [-0.4, -0.2) is 19.9 Å². The topological polar surface area (TPSA) is 64.7 Å². The molecule has 9 aromatic rings. The number of rotatable bonds is 5. The Morgan fingerprint density at radius 3 is 1.74 bits per heavy atom. The molecule has 5 nitrogen and oxygen atoms in total. The molecule has 9 rings (SSSR count). The second kappa shape index (κ2) is 11.2. The molecule has 0 aliphatic rings. The predicted molar refractivity (Wildman–Crippen MR) is 190 cm³/mol. The van der Waals surface area contributed by atoms with Crippen LogP contribution in [0.3, 0.4) is 0 Å². The number of nitrogens with zero attached hydrogens (tertiary/aromatic N) is 4. The van der Waals surface area contributed by atoms with Gasteiger partial charge in [0.25, 0.3) is 0 Å². The molecule has 3 aromatic heterocycles. The van der Waals surface area contributed by atoms with Crippen LogP contribution >= 0.6 is 0 Å². The van der Waals surface area contributed by atoms with E-state index in [1.165, 1.54) is 0 Å². The zero-order chi connectivity index (χ0) is 31.2. The van der Waals surface area contributed by atoms with Gasteiger partial charge in [-0.2, -0.15) is 0 Å². The third-order valence-electron chi connectivity index (χ3n) is 8.52. The minimum Gasteiger partial charge on any atom is -0.456 e. The van der Waals surface area contributed by atoms with E-state index >= 15 is 0 Å². The molecule has 0 N–H and O–H groups in total. The second-order valence-corrected chi connectivity index (χ2v) is 11.5. The SMILES string of the molecule is c1ccc(-c2nc(-c3ccccc3)nc(-c3cccc(-c4ccc5nc(-c6cccc7oc8ccccc8c67)ccc5c4)c3)n2)cc1. The number of fused-ring (bicyclic) bond motifs is 4. The molecule has 0 bridgehead atoms. The average Bonchev–Trinajstić information content (AvgIpc) is 3.54. The summed E-state index contributed by atoms with van der Waals surface area (Å²) >= 11 is 0. The van der Waals surface area contributed by atoms with Crippen LogP contribution in [0.5, 0.6) is 0 Å². The molecule has 6 aromatic carbocycles. The average molecular weight is 603 g/mol. The van der Waals surface area contributed by atoms with Crippen molar-refractivity contribution in [2.75, 3.05) is 0 Å². The van der Waals surface area contributed by atoms with Gasteiger partial charge in [-0.25, -0.2) is 19.9 Å². The van der Waals surface area contributed by atoms with Gasteiger partial charge in [0.1, 0.15) is 11.2 Å². The molecule has 47 heavy (non-hydrogen) atoms. The van der Waals surface area contributed by atoms with E-state index in [-0.39, 0.29) is 0 Å². The molecule has 0 spiro atoms. The van der Waals surface area contributed by atoms with Gasteiger partial charge >= 0.3 is 0 Å². The first kappa shape index (κ1) is 26.9. The highest BCUT2D eigenvalue weighted by Crippen LogP contribution is 2.37. The highest BCUT2D eigenvalue weighted by atomic mass is 16.3. The Morgan fingerprint density at radius 1 is 0.383 bits per heavy atom. The van der Waals surface area contributed by atoms with Crippen molar-refractivity contribution in [3.63, 3.8) is 0 Å². The zero-order valence-electron chi connectivity index (χ0n) is 25.2. The summed E-state index contributed by atoms with van der Waals surface area (Å²) in [5, 5.41) is 3.26. The Labute approximate surface area is 270 Å². The first-order valence-electron chi connectivity index (χ1n) is 15.6. The third-order valence-corrected chi connectivity index (χ3v) is 8.52. The Balaban J connectivity index is 1.10. The van der Waals surface area contributed by atoms with Crippen LogP contribution in [0.1, 0.15) is 0 Å². The lowest BCUT2D eigenvalue weighted by Gasteiger charge is -2.10. The molecule has 5 heteroatoms. The van der Waals surface area contributed by atoms with Gasteiger partial charge in [-0.15, -0.1) is 0 Å². The second-order valence-electron chi connectivity index (χ2n) is 11.5. The fourth-order valence-electron chi connectivity index (χ4n) is 6.22. The minimum atomic E-state index is 0.632. The number of aromatic nitrogens is 4. The molecule has 0 amide bonds. The zero-order valence-corrected chi connectivity index (χ0v) is 25.2. The summed E-state index contributed by atoms with van der Waals surface area (Å²) in [4.78, 5) is 19.8. The molecule has 0 atom stereocenters. The van der Waals surface area contributed by atoms with Gasteiger partial charge in [0.05, 0.1) is 11.2 Å². The maximum Gasteiger partial charge on any atom is 0.164 e. The number of hydrogen-bond donors (Lipinski definition) is 0. The monoisotopic (exact) mass is 602 g/mol. The van der Waals surface area contributed by atoms with Crippen molar-refractivity contribution in [1.82, 2.24) is 19.9 Å². The summed E-state index contributed by atoms with van der Waals surface area (Å²) in [7, 11) is 0. The first-order chi connectivity index (χ1) is 23.3. The maximum atomic E-state index is 6.13. The Bertz CT molecular complexity index is 2520. The van der Waals surface area contributed by atoms with Crippen molar-refractivity contribution in [3.8, 4) is 56.5 Å². The molecule has 0 unspecified atom stereocenters. The van der Waals surface area contributed by atoms with Crippen LogP contribution in [0.4, 0.5) is 0 Å². The number of para-hydroxylation sites is 1. The maximum absolute atomic E-state index is 6.13. The summed E-state index contributed by atoms with van der Waals surface area (Å²) in [6.45, 7) is 0. The van der Waals surface area contributed by atoms with Crippen molar-refractivity contribution < 1.29 is 4.42 Å². The van der Waals surface area contributed by atoms with E-state index in [1.807, 2.05) is 91.0 Å². The van der Waals surface area contributed by atoms with Crippen molar-refractivity contribution >= 4 is 32.8 Å². The fraction of sp³-hybridized carbons (Fsp3) is 0. The lowest BCUT2D eigenvalue weighted by Crippen LogP contribution is -2.00. The van der Waals surface area contributed by atoms with Crippen LogP contribution in [-0.2, 0) is 0 Å². The summed E-state index contributed by atoms with van der Waals surface area (Å²) < 4.78 is 6.13. The van der Waals surface area contributed by atoms with Gasteiger partial charge in [-0.1, -0.05) is 121 Å². The lowest BCUT2D eigenvalue weighted by molar-refractivity contribution is 0.669. The van der Waals surface area contributed by atoms with Crippen LogP contribution in [0.2, 0.25) is 0 Å². The first-order valence-corrected chi connectivity index (χ1v) is 15.6. The Kier molecular flexibility index (Phi) is 6.39. The van der Waals surface area contributed by atoms with Crippen LogP contribution in [0.15, 0.2) is 162 Å². The molecule has 0 radical (unpaired) electrons. The highest BCUT2D eigenvalue weighted by Gasteiger charge is 2.15. The van der Waals surface area contributed by atoms with Gasteiger partial charge in [-0.3, -0.25) is 0 Å². The molecule has 0 saturated carbocycles. The highest BCUT2D eigenvalue weighted by molar-refractivity contribution is 6.12. The van der Waals surface area contributed by atoms with E-state index in [1.54, 1.807) is 0 Å². The minimum absolute atomic E-state index is 0.632. The molecule has 3 heterocycles. The Hall–Kier alpha value is -6.46. The predicted octanol–water partition coefficient (Wildman–Crippen LogP) is 10.7. The summed E-state index contributed by atoms with van der Waals surface area (Å²) in [6, 6.07) is 53.4. The summed E-state index contributed by atoms with van der Waals surface area (Å²) in [5.74, 6) is 1.92. The molecule has 0 saturated heterocycles. The third kappa shape index (κ3) is 4.91. The van der Waals surface area contributed by atoms with E-state index < -0.39 is 0 Å². The van der Waals surface area contributed by atoms with E-state index in [2.05, 4.69) is 66.7 Å². The molecular weight excluding hydrogens is 576 g/mol. The summed E-state index contributed by atoms with van der Waals surface area (Å²) in [5.41, 5.74) is 9.65. The van der Waals surface area contributed by atoms with E-state index in [0.717, 1.165) is 71.9 Å². The lowest BCUT2D eigenvalue weighted by atomic mass is 9.99. The van der Waals surface area contributed by atoms with Gasteiger partial charge < -0.3 is 4.42 Å². The van der Waals surface area contributed by atoms with Crippen LogP contribution < -0.4 is 0 Å². The van der Waals surface area contributed by atoms with Crippen molar-refractivity contribution in [1.29, 1.82) is 0 Å². The van der Waals surface area contributed by atoms with Crippen molar-refractivity contribution in [3.05, 3.63) is 158 Å². The van der Waals surface area contributed by atoms with Crippen LogP contribution in [0.25, 0.3) is 89.4 Å². The molecule has 0 fully saturated rings. The van der Waals surface area contributed by atoms with Crippen LogP contribution in [0, 0.1) is 0 Å². The molecular formula is C42H26N4O. The van der Waals surface area contributed by atoms with E-state index in [0.29, 0.717) is 17.5 Å². The van der Waals surface area contributed by atoms with Crippen molar-refractivity contribution in [2.24, 2.45) is 0 Å². The van der Waals surface area contributed by atoms with Crippen molar-refractivity contribution in [2.45, 2.75) is 0 Å². The number of benzene rings is 6. The largest absolute Gasteiger partial charge is 0.456 e. The fourth-order valence-corrected chi connectivity index (χ4v) is 6.22. The smallest absolute Gasteiger partial charge is 0.164 e. The molecule has 0 aliphatic heterocycles. The quantitative estimate of drug-likeness (QED) is 0.196. The van der Waals surface area contributed by atoms with Gasteiger partial charge in [-0.05, 0) is 47.5 Å². The number of furan rings is 1. The summed E-state index contributed by atoms with van der Waals surface area (Å²) in [6.07, 6.45) is 0. The van der Waals surface area contributed by atoms with Gasteiger partial charge in [0.2, 0.25) is 0 Å².